The van der Waals surface area contributed by atoms with Crippen molar-refractivity contribution in [1.29, 1.82) is 0 Å². The van der Waals surface area contributed by atoms with Crippen LogP contribution in [0.4, 0.5) is 11.5 Å². The highest BCUT2D eigenvalue weighted by atomic mass is 16.6. The van der Waals surface area contributed by atoms with Gasteiger partial charge in [-0.2, -0.15) is 15.1 Å². The molecule has 13 nitrogen and oxygen atoms in total. The number of rotatable bonds is 5. The van der Waals surface area contributed by atoms with E-state index >= 15 is 0 Å². The van der Waals surface area contributed by atoms with E-state index in [0.29, 0.717) is 12.1 Å². The Labute approximate surface area is 157 Å². The summed E-state index contributed by atoms with van der Waals surface area (Å²) in [5, 5.41) is 33.7. The van der Waals surface area contributed by atoms with Crippen LogP contribution in [-0.4, -0.2) is 83.0 Å². The van der Waals surface area contributed by atoms with Crippen LogP contribution in [0.3, 0.4) is 0 Å². The first-order valence-corrected chi connectivity index (χ1v) is 8.30. The number of aliphatic hydroxyl groups is 3. The number of hydrogen-bond acceptors (Lipinski definition) is 10. The van der Waals surface area contributed by atoms with E-state index in [1.807, 2.05) is 0 Å². The van der Waals surface area contributed by atoms with Gasteiger partial charge >= 0.3 is 0 Å². The largest absolute Gasteiger partial charge is 0.394 e. The molecule has 4 rings (SSSR count). The van der Waals surface area contributed by atoms with Gasteiger partial charge in [-0.1, -0.05) is 0 Å². The van der Waals surface area contributed by atoms with Crippen molar-refractivity contribution in [2.75, 3.05) is 24.3 Å². The Morgan fingerprint density at radius 3 is 2.82 bits per heavy atom. The molecule has 4 atom stereocenters. The first kappa shape index (κ1) is 18.2. The van der Waals surface area contributed by atoms with Crippen LogP contribution in [0.2, 0.25) is 0 Å². The van der Waals surface area contributed by atoms with Crippen LogP contribution in [0.25, 0.3) is 17.1 Å². The molecule has 148 valence electrons. The molecule has 1 unspecified atom stereocenters. The van der Waals surface area contributed by atoms with Gasteiger partial charge < -0.3 is 30.7 Å². The van der Waals surface area contributed by atoms with Crippen molar-refractivity contribution in [2.24, 2.45) is 0 Å². The van der Waals surface area contributed by atoms with E-state index in [0.717, 1.165) is 0 Å². The van der Waals surface area contributed by atoms with Crippen LogP contribution in [0.5, 0.6) is 0 Å². The Kier molecular flexibility index (Phi) is 4.43. The van der Waals surface area contributed by atoms with Crippen LogP contribution in [0, 0.1) is 0 Å². The molecule has 28 heavy (non-hydrogen) atoms. The zero-order chi connectivity index (χ0) is 20.0. The van der Waals surface area contributed by atoms with Gasteiger partial charge in [0.05, 0.1) is 31.0 Å². The fraction of sp³-hybridized carbons (Fsp3) is 0.400. The third-order valence-electron chi connectivity index (χ3n) is 4.57. The second-order valence-electron chi connectivity index (χ2n) is 6.32. The first-order valence-electron chi connectivity index (χ1n) is 8.30. The molecule has 1 aliphatic rings. The first-order chi connectivity index (χ1) is 13.4. The summed E-state index contributed by atoms with van der Waals surface area (Å²) in [4.78, 5) is 24.9. The van der Waals surface area contributed by atoms with Gasteiger partial charge in [0.15, 0.2) is 17.7 Å². The number of anilines is 2. The van der Waals surface area contributed by atoms with Gasteiger partial charge in [0.1, 0.15) is 23.8 Å². The van der Waals surface area contributed by atoms with E-state index in [-0.39, 0.29) is 22.9 Å². The third-order valence-corrected chi connectivity index (χ3v) is 4.57. The van der Waals surface area contributed by atoms with Gasteiger partial charge in [-0.15, -0.1) is 0 Å². The highest BCUT2D eigenvalue weighted by Crippen LogP contribution is 2.32. The Hall–Kier alpha value is -3.13. The molecule has 1 aliphatic heterocycles. The minimum Gasteiger partial charge on any atom is -0.394 e. The van der Waals surface area contributed by atoms with E-state index < -0.39 is 31.1 Å². The summed E-state index contributed by atoms with van der Waals surface area (Å²) >= 11 is 0. The molecule has 0 saturated carbocycles. The zero-order valence-electron chi connectivity index (χ0n) is 14.7. The Bertz CT molecular complexity index is 1020. The molecule has 1 saturated heterocycles. The van der Waals surface area contributed by atoms with Gasteiger partial charge in [0, 0.05) is 7.05 Å². The molecular formula is C15H18N8O5. The number of nitrogens with zero attached hydrogens (tertiary/aromatic N) is 7. The van der Waals surface area contributed by atoms with Crippen molar-refractivity contribution in [3.05, 3.63) is 18.7 Å². The third kappa shape index (κ3) is 2.77. The number of amides is 1. The minimum atomic E-state index is -1.30. The van der Waals surface area contributed by atoms with Crippen LogP contribution in [0.15, 0.2) is 18.7 Å². The number of aliphatic hydroxyl groups excluding tert-OH is 3. The summed E-state index contributed by atoms with van der Waals surface area (Å²) < 4.78 is 8.27. The highest BCUT2D eigenvalue weighted by Gasteiger charge is 2.44. The van der Waals surface area contributed by atoms with Gasteiger partial charge in [-0.25, -0.2) is 9.67 Å². The number of carbonyl (C=O) groups is 1. The predicted molar refractivity (Wildman–Crippen MR) is 94.3 cm³/mol. The lowest BCUT2D eigenvalue weighted by Crippen LogP contribution is -2.33. The molecular weight excluding hydrogens is 372 g/mol. The number of ether oxygens (including phenoxy) is 1. The molecule has 0 aliphatic carbocycles. The second kappa shape index (κ2) is 6.79. The summed E-state index contributed by atoms with van der Waals surface area (Å²) in [5.41, 5.74) is 7.03. The molecule has 13 heteroatoms. The van der Waals surface area contributed by atoms with E-state index in [1.165, 1.54) is 26.7 Å². The minimum absolute atomic E-state index is 0.0753. The van der Waals surface area contributed by atoms with Crippen LogP contribution in [-0.2, 0) is 9.53 Å². The Balaban J connectivity index is 1.77. The van der Waals surface area contributed by atoms with Crippen molar-refractivity contribution in [2.45, 2.75) is 24.5 Å². The topological polar surface area (TPSA) is 178 Å². The molecule has 0 aromatic carbocycles. The average molecular weight is 390 g/mol. The van der Waals surface area contributed by atoms with Crippen molar-refractivity contribution in [1.82, 2.24) is 29.3 Å². The van der Waals surface area contributed by atoms with Gasteiger partial charge in [-0.3, -0.25) is 9.36 Å². The lowest BCUT2D eigenvalue weighted by atomic mass is 10.1. The summed E-state index contributed by atoms with van der Waals surface area (Å²) in [5.74, 6) is 0.190. The lowest BCUT2D eigenvalue weighted by Gasteiger charge is -2.16. The monoisotopic (exact) mass is 390 g/mol. The number of aromatic nitrogens is 6. The molecule has 0 spiro atoms. The van der Waals surface area contributed by atoms with E-state index in [2.05, 4.69) is 20.1 Å². The van der Waals surface area contributed by atoms with Crippen molar-refractivity contribution < 1.29 is 24.9 Å². The number of nitrogens with two attached hydrogens (primary N) is 1. The molecule has 0 radical (unpaired) electrons. The quantitative estimate of drug-likeness (QED) is 0.349. The molecule has 1 amide bonds. The normalized spacial score (nSPS) is 24.7. The summed E-state index contributed by atoms with van der Waals surface area (Å²) in [7, 11) is 1.57. The maximum atomic E-state index is 10.9. The van der Waals surface area contributed by atoms with Gasteiger partial charge in [-0.05, 0) is 0 Å². The molecule has 3 aromatic heterocycles. The molecule has 3 aromatic rings. The average Bonchev–Trinajstić information content (AvgIpc) is 3.40. The number of fused-ring (bicyclic) bond motifs is 1. The van der Waals surface area contributed by atoms with E-state index in [1.54, 1.807) is 13.2 Å². The summed E-state index contributed by atoms with van der Waals surface area (Å²) in [6.07, 6.45) is 0.470. The number of carbonyl (C=O) groups excluding carboxylic acids is 1. The van der Waals surface area contributed by atoms with Gasteiger partial charge in [0.2, 0.25) is 6.41 Å². The highest BCUT2D eigenvalue weighted by molar-refractivity contribution is 5.82. The molecule has 1 fully saturated rings. The predicted octanol–water partition coefficient (Wildman–Crippen LogP) is -2.20. The van der Waals surface area contributed by atoms with Crippen molar-refractivity contribution in [3.63, 3.8) is 0 Å². The molecule has 5 N–H and O–H groups in total. The maximum Gasteiger partial charge on any atom is 0.254 e. The van der Waals surface area contributed by atoms with E-state index in [4.69, 9.17) is 10.5 Å². The Morgan fingerprint density at radius 2 is 2.14 bits per heavy atom. The van der Waals surface area contributed by atoms with Gasteiger partial charge in [0.25, 0.3) is 5.95 Å². The van der Waals surface area contributed by atoms with Crippen LogP contribution < -0.4 is 10.6 Å². The van der Waals surface area contributed by atoms with Crippen molar-refractivity contribution >= 4 is 29.1 Å². The smallest absolute Gasteiger partial charge is 0.254 e. The summed E-state index contributed by atoms with van der Waals surface area (Å²) in [6.45, 7) is -0.454. The lowest BCUT2D eigenvalue weighted by molar-refractivity contribution is -0.107. The fourth-order valence-electron chi connectivity index (χ4n) is 2.99. The fourth-order valence-corrected chi connectivity index (χ4v) is 2.99. The second-order valence-corrected chi connectivity index (χ2v) is 6.32. The number of nitrogen functional groups attached to an aromatic ring is 1. The van der Waals surface area contributed by atoms with E-state index in [9.17, 15) is 20.1 Å². The summed E-state index contributed by atoms with van der Waals surface area (Å²) in [6, 6.07) is 0. The van der Waals surface area contributed by atoms with Crippen LogP contribution >= 0.6 is 0 Å². The van der Waals surface area contributed by atoms with Crippen LogP contribution in [0.1, 0.15) is 6.23 Å². The standard InChI is InChI=1S/C15H18N8O5/c1-21(6-25)7-2-18-23(3-7)15-19-12(16)9-13(20-15)22(5-17-9)14-11(27)10(26)8(4-24)28-14/h2-3,5-6,8,10-11,14,24,26-27H,4H2,1H3,(H2,16,19,20)/t8?,10-,11-,14-/m1/s1. The SMILES string of the molecule is CN(C=O)c1cnn(-c2nc(N)c3ncn([C@@H]4OC(CO)[C@@H](O)[C@H]4O)c3n2)c1. The number of imidazole rings is 1. The maximum absolute atomic E-state index is 10.9. The molecule has 4 heterocycles. The zero-order valence-corrected chi connectivity index (χ0v) is 14.7. The molecule has 0 bridgehead atoms. The van der Waals surface area contributed by atoms with Crippen molar-refractivity contribution in [3.8, 4) is 5.95 Å². The Morgan fingerprint density at radius 1 is 1.36 bits per heavy atom. The number of hydrogen-bond donors (Lipinski definition) is 4.